The molecule has 0 heterocycles. The Balaban J connectivity index is 2.99. The van der Waals surface area contributed by atoms with E-state index in [1.54, 1.807) is 0 Å². The van der Waals surface area contributed by atoms with Gasteiger partial charge in [0.1, 0.15) is 0 Å². The van der Waals surface area contributed by atoms with Crippen molar-refractivity contribution < 1.29 is 22.7 Å². The fourth-order valence-corrected chi connectivity index (χ4v) is 0.853. The summed E-state index contributed by atoms with van der Waals surface area (Å²) in [5.41, 5.74) is -3.36. The molecular weight excluding hydrogens is 176 g/mol. The summed E-state index contributed by atoms with van der Waals surface area (Å²) in [5.74, 6) is 0. The Morgan fingerprint density at radius 3 is 2.17 bits per heavy atom. The zero-order chi connectivity index (χ0) is 9.41. The molecule has 0 bridgehead atoms. The van der Waals surface area contributed by atoms with Crippen LogP contribution in [0.1, 0.15) is 0 Å². The van der Waals surface area contributed by atoms with Gasteiger partial charge in [-0.15, -0.1) is 0 Å². The average Bonchev–Trinajstić information content (AvgIpc) is 1.93. The zero-order valence-electron chi connectivity index (χ0n) is 5.85. The van der Waals surface area contributed by atoms with Crippen molar-refractivity contribution in [2.75, 3.05) is 0 Å². The van der Waals surface area contributed by atoms with Crippen molar-refractivity contribution >= 4 is 0 Å². The molecule has 0 aliphatic heterocycles. The molecule has 12 heavy (non-hydrogen) atoms. The molecule has 5 heteroatoms. The lowest BCUT2D eigenvalue weighted by Gasteiger charge is -2.30. The number of hydrogen-bond acceptors (Lipinski definition) is 1. The largest absolute Gasteiger partial charge is 0.424 e. The molecule has 1 N–H and O–H groups in total. The van der Waals surface area contributed by atoms with Gasteiger partial charge in [-0.05, 0) is 12.2 Å². The topological polar surface area (TPSA) is 20.2 Å². The highest BCUT2D eigenvalue weighted by Crippen LogP contribution is 2.37. The first kappa shape index (κ1) is 9.25. The van der Waals surface area contributed by atoms with E-state index in [1.807, 2.05) is 0 Å². The standard InChI is InChI=1S/C7H6F4O/c8-5-3-1-2-4-6(5,12)7(9,10)11/h1-5,12H. The van der Waals surface area contributed by atoms with Gasteiger partial charge < -0.3 is 5.11 Å². The number of hydrogen-bond donors (Lipinski definition) is 1. The quantitative estimate of drug-likeness (QED) is 0.566. The van der Waals surface area contributed by atoms with Crippen LogP contribution in [-0.2, 0) is 0 Å². The van der Waals surface area contributed by atoms with Crippen LogP contribution in [-0.4, -0.2) is 23.1 Å². The first-order chi connectivity index (χ1) is 5.38. The molecular formula is C7H6F4O. The van der Waals surface area contributed by atoms with E-state index in [1.165, 1.54) is 0 Å². The summed E-state index contributed by atoms with van der Waals surface area (Å²) in [4.78, 5) is 0. The van der Waals surface area contributed by atoms with Gasteiger partial charge >= 0.3 is 6.18 Å². The van der Waals surface area contributed by atoms with Gasteiger partial charge in [-0.1, -0.05) is 12.2 Å². The molecule has 0 spiro atoms. The van der Waals surface area contributed by atoms with E-state index in [0.717, 1.165) is 12.2 Å². The molecule has 0 aromatic rings. The van der Waals surface area contributed by atoms with Crippen LogP contribution in [0.2, 0.25) is 0 Å². The minimum Gasteiger partial charge on any atom is -0.374 e. The van der Waals surface area contributed by atoms with Crippen molar-refractivity contribution in [3.63, 3.8) is 0 Å². The van der Waals surface area contributed by atoms with E-state index in [0.29, 0.717) is 12.2 Å². The molecule has 0 amide bonds. The van der Waals surface area contributed by atoms with Crippen molar-refractivity contribution in [1.82, 2.24) is 0 Å². The maximum atomic E-state index is 12.6. The van der Waals surface area contributed by atoms with E-state index in [-0.39, 0.29) is 0 Å². The fourth-order valence-electron chi connectivity index (χ4n) is 0.853. The number of alkyl halides is 4. The van der Waals surface area contributed by atoms with Gasteiger partial charge in [0.15, 0.2) is 6.17 Å². The smallest absolute Gasteiger partial charge is 0.374 e. The Kier molecular flexibility index (Phi) is 1.99. The Labute approximate surface area is 66.0 Å². The Morgan fingerprint density at radius 2 is 1.83 bits per heavy atom. The molecule has 2 atom stereocenters. The van der Waals surface area contributed by atoms with Crippen molar-refractivity contribution in [2.24, 2.45) is 0 Å². The van der Waals surface area contributed by atoms with Crippen LogP contribution in [0.15, 0.2) is 24.3 Å². The van der Waals surface area contributed by atoms with E-state index < -0.39 is 17.9 Å². The maximum absolute atomic E-state index is 12.6. The molecule has 0 aromatic carbocycles. The molecule has 1 aliphatic carbocycles. The third-order valence-electron chi connectivity index (χ3n) is 1.62. The lowest BCUT2D eigenvalue weighted by molar-refractivity contribution is -0.254. The third kappa shape index (κ3) is 1.24. The monoisotopic (exact) mass is 182 g/mol. The van der Waals surface area contributed by atoms with Crippen LogP contribution < -0.4 is 0 Å². The first-order valence-corrected chi connectivity index (χ1v) is 3.17. The van der Waals surface area contributed by atoms with Crippen LogP contribution in [0.3, 0.4) is 0 Å². The Bertz CT molecular complexity index is 230. The summed E-state index contributed by atoms with van der Waals surface area (Å²) in [7, 11) is 0. The summed E-state index contributed by atoms with van der Waals surface area (Å²) >= 11 is 0. The second-order valence-electron chi connectivity index (χ2n) is 2.47. The van der Waals surface area contributed by atoms with Crippen LogP contribution in [0.4, 0.5) is 17.6 Å². The van der Waals surface area contributed by atoms with Gasteiger partial charge in [0, 0.05) is 0 Å². The van der Waals surface area contributed by atoms with E-state index >= 15 is 0 Å². The second-order valence-corrected chi connectivity index (χ2v) is 2.47. The first-order valence-electron chi connectivity index (χ1n) is 3.17. The van der Waals surface area contributed by atoms with Crippen molar-refractivity contribution in [3.8, 4) is 0 Å². The number of rotatable bonds is 0. The van der Waals surface area contributed by atoms with Gasteiger partial charge in [0.05, 0.1) is 0 Å². The number of allylic oxidation sites excluding steroid dienone is 2. The highest BCUT2D eigenvalue weighted by molar-refractivity contribution is 5.25. The van der Waals surface area contributed by atoms with Gasteiger partial charge in [0.2, 0.25) is 5.60 Å². The highest BCUT2D eigenvalue weighted by Gasteiger charge is 2.57. The summed E-state index contributed by atoms with van der Waals surface area (Å²) in [6.07, 6.45) is -4.27. The van der Waals surface area contributed by atoms with Crippen LogP contribution >= 0.6 is 0 Å². The molecule has 1 nitrogen and oxygen atoms in total. The molecule has 0 saturated heterocycles. The predicted molar refractivity (Wildman–Crippen MR) is 34.2 cm³/mol. The zero-order valence-corrected chi connectivity index (χ0v) is 5.85. The van der Waals surface area contributed by atoms with E-state index in [2.05, 4.69) is 0 Å². The second kappa shape index (κ2) is 2.58. The molecule has 0 saturated carbocycles. The molecule has 1 aliphatic rings. The van der Waals surface area contributed by atoms with E-state index in [4.69, 9.17) is 5.11 Å². The summed E-state index contributed by atoms with van der Waals surface area (Å²) in [6.45, 7) is 0. The lowest BCUT2D eigenvalue weighted by Crippen LogP contribution is -2.51. The Hall–Kier alpha value is -0.840. The normalized spacial score (nSPS) is 35.6. The molecule has 68 valence electrons. The van der Waals surface area contributed by atoms with Crippen molar-refractivity contribution in [1.29, 1.82) is 0 Å². The molecule has 2 unspecified atom stereocenters. The lowest BCUT2D eigenvalue weighted by atomic mass is 9.93. The molecule has 1 rings (SSSR count). The van der Waals surface area contributed by atoms with E-state index in [9.17, 15) is 17.6 Å². The molecule has 0 radical (unpaired) electrons. The highest BCUT2D eigenvalue weighted by atomic mass is 19.4. The minimum absolute atomic E-state index is 0.400. The molecule has 0 fully saturated rings. The fraction of sp³-hybridized carbons (Fsp3) is 0.429. The van der Waals surface area contributed by atoms with Crippen LogP contribution in [0.25, 0.3) is 0 Å². The van der Waals surface area contributed by atoms with Crippen LogP contribution in [0, 0.1) is 0 Å². The van der Waals surface area contributed by atoms with Crippen molar-refractivity contribution in [2.45, 2.75) is 17.9 Å². The SMILES string of the molecule is OC1(C(F)(F)F)C=CC=CC1F. The van der Waals surface area contributed by atoms with Crippen molar-refractivity contribution in [3.05, 3.63) is 24.3 Å². The minimum atomic E-state index is -4.98. The predicted octanol–water partition coefficient (Wildman–Crippen LogP) is 1.74. The number of halogens is 4. The van der Waals surface area contributed by atoms with Gasteiger partial charge in [-0.3, -0.25) is 0 Å². The molecule has 0 aromatic heterocycles. The number of aliphatic hydroxyl groups is 1. The summed E-state index contributed by atoms with van der Waals surface area (Å²) < 4.78 is 48.6. The third-order valence-corrected chi connectivity index (χ3v) is 1.62. The maximum Gasteiger partial charge on any atom is 0.424 e. The average molecular weight is 182 g/mol. The van der Waals surface area contributed by atoms with Gasteiger partial charge in [-0.25, -0.2) is 4.39 Å². The van der Waals surface area contributed by atoms with Gasteiger partial charge in [-0.2, -0.15) is 13.2 Å². The summed E-state index contributed by atoms with van der Waals surface area (Å²) in [5, 5.41) is 8.84. The van der Waals surface area contributed by atoms with Crippen LogP contribution in [0.5, 0.6) is 0 Å². The van der Waals surface area contributed by atoms with Gasteiger partial charge in [0.25, 0.3) is 0 Å². The summed E-state index contributed by atoms with van der Waals surface area (Å²) in [6, 6.07) is 0. The Morgan fingerprint density at radius 1 is 1.25 bits per heavy atom.